The maximum Gasteiger partial charge on any atom is 0.313 e. The van der Waals surface area contributed by atoms with E-state index in [1.54, 1.807) is 12.0 Å². The highest BCUT2D eigenvalue weighted by atomic mass is 32.2. The number of carboxylic acid groups (broad SMARTS) is 1. The van der Waals surface area contributed by atoms with Crippen LogP contribution >= 0.6 is 11.8 Å². The summed E-state index contributed by atoms with van der Waals surface area (Å²) in [7, 11) is 3.56. The number of piperidine rings is 1. The van der Waals surface area contributed by atoms with E-state index in [0.29, 0.717) is 25.4 Å². The van der Waals surface area contributed by atoms with E-state index in [4.69, 9.17) is 4.74 Å². The highest BCUT2D eigenvalue weighted by Crippen LogP contribution is 2.42. The Bertz CT molecular complexity index is 668. The molecule has 1 amide bonds. The Morgan fingerprint density at radius 3 is 2.92 bits per heavy atom. The van der Waals surface area contributed by atoms with Gasteiger partial charge in [-0.15, -0.1) is 11.8 Å². The number of nitrogens with zero attached hydrogens (tertiary/aromatic N) is 2. The maximum atomic E-state index is 12.6. The number of carbonyl (C=O) groups is 2. The van der Waals surface area contributed by atoms with Crippen LogP contribution in [0.3, 0.4) is 0 Å². The van der Waals surface area contributed by atoms with Gasteiger partial charge in [0.1, 0.15) is 11.2 Å². The van der Waals surface area contributed by atoms with E-state index in [-0.39, 0.29) is 11.8 Å². The molecule has 3 rings (SSSR count). The van der Waals surface area contributed by atoms with Crippen LogP contribution in [0.5, 0.6) is 5.75 Å². The molecule has 0 bridgehead atoms. The van der Waals surface area contributed by atoms with Gasteiger partial charge in [0.05, 0.1) is 12.9 Å². The van der Waals surface area contributed by atoms with Gasteiger partial charge in [-0.2, -0.15) is 0 Å². The second-order valence-corrected chi connectivity index (χ2v) is 7.98. The molecule has 2 fully saturated rings. The Hall–Kier alpha value is -1.73. The van der Waals surface area contributed by atoms with E-state index in [2.05, 4.69) is 4.90 Å². The van der Waals surface area contributed by atoms with E-state index in [1.807, 2.05) is 31.3 Å². The van der Waals surface area contributed by atoms with E-state index in [0.717, 1.165) is 23.6 Å². The van der Waals surface area contributed by atoms with Crippen molar-refractivity contribution in [1.82, 2.24) is 9.80 Å². The molecule has 2 aliphatic heterocycles. The van der Waals surface area contributed by atoms with Crippen molar-refractivity contribution < 1.29 is 19.4 Å². The molecule has 1 N–H and O–H groups in total. The molecule has 25 heavy (non-hydrogen) atoms. The summed E-state index contributed by atoms with van der Waals surface area (Å²) in [5.74, 6) is 0.348. The monoisotopic (exact) mass is 364 g/mol. The van der Waals surface area contributed by atoms with Crippen LogP contribution in [0.2, 0.25) is 0 Å². The van der Waals surface area contributed by atoms with Crippen molar-refractivity contribution in [3.63, 3.8) is 0 Å². The Morgan fingerprint density at radius 1 is 1.40 bits per heavy atom. The van der Waals surface area contributed by atoms with Gasteiger partial charge in [-0.25, -0.2) is 0 Å². The molecule has 1 aromatic carbocycles. The summed E-state index contributed by atoms with van der Waals surface area (Å²) in [5, 5.41) is 9.80. The number of hydrogen-bond donors (Lipinski definition) is 1. The zero-order valence-electron chi connectivity index (χ0n) is 14.6. The quantitative estimate of drug-likeness (QED) is 0.801. The average molecular weight is 364 g/mol. The minimum atomic E-state index is -0.816. The Kier molecular flexibility index (Phi) is 5.24. The van der Waals surface area contributed by atoms with Gasteiger partial charge < -0.3 is 19.6 Å². The lowest BCUT2D eigenvalue weighted by Gasteiger charge is -2.39. The van der Waals surface area contributed by atoms with Crippen LogP contribution in [0.25, 0.3) is 0 Å². The first kappa shape index (κ1) is 18.1. The zero-order valence-corrected chi connectivity index (χ0v) is 15.4. The number of benzene rings is 1. The fourth-order valence-corrected chi connectivity index (χ4v) is 4.73. The van der Waals surface area contributed by atoms with Crippen LogP contribution in [0.4, 0.5) is 0 Å². The molecule has 2 unspecified atom stereocenters. The molecule has 2 saturated heterocycles. The van der Waals surface area contributed by atoms with Crippen LogP contribution < -0.4 is 4.74 Å². The summed E-state index contributed by atoms with van der Waals surface area (Å²) in [4.78, 5) is 29.3. The number of fused-ring (bicyclic) bond motifs is 1. The molecular formula is C18H24N2O4S. The molecule has 1 aromatic rings. The molecule has 0 spiro atoms. The Labute approximate surface area is 152 Å². The Balaban J connectivity index is 1.64. The van der Waals surface area contributed by atoms with Gasteiger partial charge in [0.15, 0.2) is 0 Å². The van der Waals surface area contributed by atoms with Gasteiger partial charge >= 0.3 is 5.97 Å². The second-order valence-electron chi connectivity index (χ2n) is 6.93. The number of carbonyl (C=O) groups excluding carboxylic acids is 1. The number of likely N-dealkylation sites (tertiary alicyclic amines) is 2. The molecule has 2 aliphatic rings. The van der Waals surface area contributed by atoms with Crippen molar-refractivity contribution in [1.29, 1.82) is 0 Å². The molecular weight excluding hydrogens is 340 g/mol. The lowest BCUT2D eigenvalue weighted by molar-refractivity contribution is -0.154. The van der Waals surface area contributed by atoms with Crippen LogP contribution in [0.15, 0.2) is 29.2 Å². The molecule has 0 radical (unpaired) electrons. The molecule has 0 aliphatic carbocycles. The summed E-state index contributed by atoms with van der Waals surface area (Å²) in [6, 6.07) is 7.60. The standard InChI is InChI=1S/C18H24N2O4S/c1-19-7-6-13-9-20(12-18(13,11-19)17(22)23)16(21)10-25-15-5-3-4-14(8-15)24-2/h3-5,8,13H,6-7,9-12H2,1-2H3,(H,22,23). The van der Waals surface area contributed by atoms with E-state index >= 15 is 0 Å². The third-order valence-electron chi connectivity index (χ3n) is 5.29. The third-order valence-corrected chi connectivity index (χ3v) is 6.27. The second kappa shape index (κ2) is 7.25. The van der Waals surface area contributed by atoms with Crippen molar-refractivity contribution in [2.45, 2.75) is 11.3 Å². The highest BCUT2D eigenvalue weighted by Gasteiger charge is 2.55. The van der Waals surface area contributed by atoms with Gasteiger partial charge in [0.25, 0.3) is 0 Å². The highest BCUT2D eigenvalue weighted by molar-refractivity contribution is 8.00. The van der Waals surface area contributed by atoms with E-state index in [1.165, 1.54) is 11.8 Å². The molecule has 0 saturated carbocycles. The number of carboxylic acids is 1. The van der Waals surface area contributed by atoms with Crippen LogP contribution in [0.1, 0.15) is 6.42 Å². The number of amides is 1. The Morgan fingerprint density at radius 2 is 2.20 bits per heavy atom. The van der Waals surface area contributed by atoms with E-state index < -0.39 is 11.4 Å². The van der Waals surface area contributed by atoms with Crippen molar-refractivity contribution in [2.75, 3.05) is 46.1 Å². The number of thioether (sulfide) groups is 1. The molecule has 6 nitrogen and oxygen atoms in total. The minimum Gasteiger partial charge on any atom is -0.497 e. The van der Waals surface area contributed by atoms with Gasteiger partial charge in [0, 0.05) is 24.5 Å². The van der Waals surface area contributed by atoms with Gasteiger partial charge in [-0.05, 0) is 44.1 Å². The minimum absolute atomic E-state index is 0.00509. The van der Waals surface area contributed by atoms with E-state index in [9.17, 15) is 14.7 Å². The SMILES string of the molecule is COc1cccc(SCC(=O)N2CC3CCN(C)CC3(C(=O)O)C2)c1. The lowest BCUT2D eigenvalue weighted by Crippen LogP contribution is -2.52. The number of hydrogen-bond acceptors (Lipinski definition) is 5. The first-order chi connectivity index (χ1) is 11.9. The number of aliphatic carboxylic acids is 1. The first-order valence-electron chi connectivity index (χ1n) is 8.41. The predicted molar refractivity (Wildman–Crippen MR) is 96.0 cm³/mol. The summed E-state index contributed by atoms with van der Waals surface area (Å²) in [5.41, 5.74) is -0.816. The van der Waals surface area contributed by atoms with Crippen LogP contribution in [0, 0.1) is 11.3 Å². The largest absolute Gasteiger partial charge is 0.497 e. The smallest absolute Gasteiger partial charge is 0.313 e. The van der Waals surface area contributed by atoms with Crippen molar-refractivity contribution in [3.8, 4) is 5.75 Å². The number of ether oxygens (including phenoxy) is 1. The average Bonchev–Trinajstić information content (AvgIpc) is 3.00. The predicted octanol–water partition coefficient (Wildman–Crippen LogP) is 1.65. The molecule has 0 aromatic heterocycles. The topological polar surface area (TPSA) is 70.1 Å². The maximum absolute atomic E-state index is 12.6. The van der Waals surface area contributed by atoms with Crippen molar-refractivity contribution >= 4 is 23.6 Å². The van der Waals surface area contributed by atoms with Crippen LogP contribution in [-0.2, 0) is 9.59 Å². The summed E-state index contributed by atoms with van der Waals surface area (Å²) >= 11 is 1.46. The molecule has 7 heteroatoms. The fourth-order valence-electron chi connectivity index (χ4n) is 3.89. The number of methoxy groups -OCH3 is 1. The van der Waals surface area contributed by atoms with Gasteiger partial charge in [-0.3, -0.25) is 9.59 Å². The van der Waals surface area contributed by atoms with Crippen molar-refractivity contribution in [3.05, 3.63) is 24.3 Å². The van der Waals surface area contributed by atoms with Gasteiger partial charge in [0.2, 0.25) is 5.91 Å². The normalized spacial score (nSPS) is 26.3. The first-order valence-corrected chi connectivity index (χ1v) is 9.40. The number of rotatable bonds is 5. The summed E-state index contributed by atoms with van der Waals surface area (Å²) < 4.78 is 5.20. The van der Waals surface area contributed by atoms with Crippen molar-refractivity contribution in [2.24, 2.45) is 11.3 Å². The summed E-state index contributed by atoms with van der Waals surface area (Å²) in [6.45, 7) is 2.27. The van der Waals surface area contributed by atoms with Crippen LogP contribution in [-0.4, -0.2) is 72.9 Å². The lowest BCUT2D eigenvalue weighted by atomic mass is 9.73. The third kappa shape index (κ3) is 3.62. The van der Waals surface area contributed by atoms with Gasteiger partial charge in [-0.1, -0.05) is 6.07 Å². The fraction of sp³-hybridized carbons (Fsp3) is 0.556. The summed E-state index contributed by atoms with van der Waals surface area (Å²) in [6.07, 6.45) is 0.829. The molecule has 2 atom stereocenters. The zero-order chi connectivity index (χ0) is 18.0. The molecule has 136 valence electrons. The molecule has 2 heterocycles.